The summed E-state index contributed by atoms with van der Waals surface area (Å²) in [6.07, 6.45) is 1.00. The van der Waals surface area contributed by atoms with Crippen LogP contribution in [0.15, 0.2) is 35.2 Å². The Hall–Kier alpha value is -1.69. The molecule has 0 amide bonds. The second-order valence-electron chi connectivity index (χ2n) is 7.94. The van der Waals surface area contributed by atoms with Crippen LogP contribution in [0.4, 0.5) is 0 Å². The molecule has 0 unspecified atom stereocenters. The molecule has 1 aliphatic rings. The van der Waals surface area contributed by atoms with Crippen LogP contribution in [0.3, 0.4) is 0 Å². The van der Waals surface area contributed by atoms with E-state index in [1.165, 1.54) is 11.1 Å². The van der Waals surface area contributed by atoms with Gasteiger partial charge in [-0.3, -0.25) is 0 Å². The number of rotatable bonds is 5. The molecule has 0 bridgehead atoms. The Kier molecular flexibility index (Phi) is 6.28. The standard InChI is InChI=1S/C23H32N2O2S/c1-17-18(2)20(4)23(21(5)19(17)3)28(26,27)25-15-13-24(14-16-25)12-11-22-9-7-6-8-10-22/h6-10H,11-16H2,1-5H3. The molecular weight excluding hydrogens is 368 g/mol. The van der Waals surface area contributed by atoms with Crippen LogP contribution < -0.4 is 0 Å². The molecule has 0 spiro atoms. The first-order valence-electron chi connectivity index (χ1n) is 10.1. The van der Waals surface area contributed by atoms with Crippen molar-refractivity contribution in [3.63, 3.8) is 0 Å². The molecular formula is C23H32N2O2S. The Morgan fingerprint density at radius 1 is 0.750 bits per heavy atom. The van der Waals surface area contributed by atoms with Gasteiger partial charge in [0.15, 0.2) is 0 Å². The monoisotopic (exact) mass is 400 g/mol. The predicted molar refractivity (Wildman–Crippen MR) is 115 cm³/mol. The van der Waals surface area contributed by atoms with Crippen molar-refractivity contribution in [2.75, 3.05) is 32.7 Å². The number of nitrogens with zero attached hydrogens (tertiary/aromatic N) is 2. The fourth-order valence-electron chi connectivity index (χ4n) is 4.11. The van der Waals surface area contributed by atoms with E-state index in [4.69, 9.17) is 0 Å². The van der Waals surface area contributed by atoms with Crippen LogP contribution >= 0.6 is 0 Å². The molecule has 2 aromatic rings. The summed E-state index contributed by atoms with van der Waals surface area (Å²) in [7, 11) is -3.47. The van der Waals surface area contributed by atoms with E-state index in [9.17, 15) is 8.42 Å². The van der Waals surface area contributed by atoms with E-state index < -0.39 is 10.0 Å². The van der Waals surface area contributed by atoms with Gasteiger partial charge in [-0.2, -0.15) is 4.31 Å². The number of benzene rings is 2. The summed E-state index contributed by atoms with van der Waals surface area (Å²) in [4.78, 5) is 2.88. The first-order valence-corrected chi connectivity index (χ1v) is 11.5. The van der Waals surface area contributed by atoms with Crippen LogP contribution in [0.25, 0.3) is 0 Å². The van der Waals surface area contributed by atoms with Gasteiger partial charge in [-0.05, 0) is 74.4 Å². The summed E-state index contributed by atoms with van der Waals surface area (Å²) in [6.45, 7) is 13.7. The van der Waals surface area contributed by atoms with Crippen LogP contribution in [0.2, 0.25) is 0 Å². The van der Waals surface area contributed by atoms with Crippen molar-refractivity contribution in [3.05, 3.63) is 63.7 Å². The van der Waals surface area contributed by atoms with Gasteiger partial charge in [-0.25, -0.2) is 8.42 Å². The largest absolute Gasteiger partial charge is 0.300 e. The molecule has 0 aliphatic carbocycles. The number of sulfonamides is 1. The molecule has 0 radical (unpaired) electrons. The third kappa shape index (κ3) is 4.02. The van der Waals surface area contributed by atoms with Crippen molar-refractivity contribution >= 4 is 10.0 Å². The van der Waals surface area contributed by atoms with Crippen molar-refractivity contribution in [2.45, 2.75) is 45.9 Å². The molecule has 0 N–H and O–H groups in total. The predicted octanol–water partition coefficient (Wildman–Crippen LogP) is 3.78. The quantitative estimate of drug-likeness (QED) is 0.767. The van der Waals surface area contributed by atoms with Crippen molar-refractivity contribution in [1.29, 1.82) is 0 Å². The lowest BCUT2D eigenvalue weighted by Gasteiger charge is -2.35. The summed E-state index contributed by atoms with van der Waals surface area (Å²) in [6, 6.07) is 10.5. The van der Waals surface area contributed by atoms with Crippen LogP contribution in [0.1, 0.15) is 33.4 Å². The van der Waals surface area contributed by atoms with Crippen molar-refractivity contribution < 1.29 is 8.42 Å². The molecule has 0 atom stereocenters. The lowest BCUT2D eigenvalue weighted by atomic mass is 9.95. The van der Waals surface area contributed by atoms with E-state index in [1.54, 1.807) is 4.31 Å². The molecule has 2 aromatic carbocycles. The van der Waals surface area contributed by atoms with E-state index in [0.29, 0.717) is 18.0 Å². The Balaban J connectivity index is 1.72. The summed E-state index contributed by atoms with van der Waals surface area (Å²) >= 11 is 0. The Labute approximate surface area is 170 Å². The third-order valence-corrected chi connectivity index (χ3v) is 8.59. The minimum Gasteiger partial charge on any atom is -0.300 e. The summed E-state index contributed by atoms with van der Waals surface area (Å²) in [5.74, 6) is 0. The second kappa shape index (κ2) is 8.36. The smallest absolute Gasteiger partial charge is 0.243 e. The molecule has 152 valence electrons. The maximum Gasteiger partial charge on any atom is 0.243 e. The number of hydrogen-bond acceptors (Lipinski definition) is 3. The minimum absolute atomic E-state index is 0.519. The van der Waals surface area contributed by atoms with E-state index >= 15 is 0 Å². The lowest BCUT2D eigenvalue weighted by molar-refractivity contribution is 0.190. The summed E-state index contributed by atoms with van der Waals surface area (Å²) in [5.41, 5.74) is 6.49. The maximum absolute atomic E-state index is 13.4. The van der Waals surface area contributed by atoms with Crippen LogP contribution in [0.5, 0.6) is 0 Å². The molecule has 1 heterocycles. The first kappa shape index (κ1) is 21.0. The number of hydrogen-bond donors (Lipinski definition) is 0. The van der Waals surface area contributed by atoms with Crippen molar-refractivity contribution in [2.24, 2.45) is 0 Å². The van der Waals surface area contributed by atoms with E-state index in [-0.39, 0.29) is 0 Å². The molecule has 1 aliphatic heterocycles. The highest BCUT2D eigenvalue weighted by Crippen LogP contribution is 2.31. The topological polar surface area (TPSA) is 40.6 Å². The zero-order chi connectivity index (χ0) is 20.5. The van der Waals surface area contributed by atoms with Gasteiger partial charge in [0.05, 0.1) is 4.90 Å². The Morgan fingerprint density at radius 3 is 1.79 bits per heavy atom. The zero-order valence-corrected chi connectivity index (χ0v) is 18.6. The van der Waals surface area contributed by atoms with Crippen LogP contribution in [0, 0.1) is 34.6 Å². The SMILES string of the molecule is Cc1c(C)c(C)c(S(=O)(=O)N2CCN(CCc3ccccc3)CC2)c(C)c1C. The second-order valence-corrected chi connectivity index (χ2v) is 9.81. The van der Waals surface area contributed by atoms with Gasteiger partial charge in [0.1, 0.15) is 0 Å². The van der Waals surface area contributed by atoms with Gasteiger partial charge in [-0.1, -0.05) is 30.3 Å². The highest BCUT2D eigenvalue weighted by Gasteiger charge is 2.32. The fourth-order valence-corrected chi connectivity index (χ4v) is 6.09. The highest BCUT2D eigenvalue weighted by molar-refractivity contribution is 7.89. The van der Waals surface area contributed by atoms with Gasteiger partial charge < -0.3 is 4.90 Å². The molecule has 4 nitrogen and oxygen atoms in total. The van der Waals surface area contributed by atoms with Gasteiger partial charge in [0, 0.05) is 32.7 Å². The van der Waals surface area contributed by atoms with E-state index in [0.717, 1.165) is 48.3 Å². The Bertz CT molecular complexity index is 915. The maximum atomic E-state index is 13.4. The van der Waals surface area contributed by atoms with Crippen LogP contribution in [-0.2, 0) is 16.4 Å². The minimum atomic E-state index is -3.47. The highest BCUT2D eigenvalue weighted by atomic mass is 32.2. The molecule has 0 aromatic heterocycles. The molecule has 0 saturated carbocycles. The van der Waals surface area contributed by atoms with E-state index in [1.807, 2.05) is 33.8 Å². The third-order valence-electron chi connectivity index (χ3n) is 6.42. The molecule has 1 saturated heterocycles. The van der Waals surface area contributed by atoms with Crippen molar-refractivity contribution in [3.8, 4) is 0 Å². The average Bonchev–Trinajstić information content (AvgIpc) is 2.70. The van der Waals surface area contributed by atoms with Gasteiger partial charge in [-0.15, -0.1) is 0 Å². The lowest BCUT2D eigenvalue weighted by Crippen LogP contribution is -2.49. The normalized spacial score (nSPS) is 16.5. The van der Waals surface area contributed by atoms with Gasteiger partial charge >= 0.3 is 0 Å². The molecule has 5 heteroatoms. The molecule has 3 rings (SSSR count). The summed E-state index contributed by atoms with van der Waals surface area (Å²) in [5, 5.41) is 0. The van der Waals surface area contributed by atoms with Gasteiger partial charge in [0.2, 0.25) is 10.0 Å². The van der Waals surface area contributed by atoms with Gasteiger partial charge in [0.25, 0.3) is 0 Å². The van der Waals surface area contributed by atoms with Crippen LogP contribution in [-0.4, -0.2) is 50.3 Å². The molecule has 1 fully saturated rings. The van der Waals surface area contributed by atoms with E-state index in [2.05, 4.69) is 36.1 Å². The first-order chi connectivity index (χ1) is 13.2. The Morgan fingerprint density at radius 2 is 1.25 bits per heavy atom. The fraction of sp³-hybridized carbons (Fsp3) is 0.478. The van der Waals surface area contributed by atoms with Crippen molar-refractivity contribution in [1.82, 2.24) is 9.21 Å². The zero-order valence-electron chi connectivity index (χ0n) is 17.7. The summed E-state index contributed by atoms with van der Waals surface area (Å²) < 4.78 is 28.6. The number of piperazine rings is 1. The average molecular weight is 401 g/mol. The molecule has 28 heavy (non-hydrogen) atoms.